The standard InChI is InChI=1S/C15H10BrClFNO2/c1-20-14-5-9(7-19)4-12(17)15(14)21-8-10-2-3-11(16)6-13(10)18/h2-6H,8H2,1H3. The summed E-state index contributed by atoms with van der Waals surface area (Å²) in [5.41, 5.74) is 0.750. The summed E-state index contributed by atoms with van der Waals surface area (Å²) >= 11 is 9.26. The number of rotatable bonds is 4. The van der Waals surface area contributed by atoms with Crippen LogP contribution in [0.15, 0.2) is 34.8 Å². The van der Waals surface area contributed by atoms with Crippen LogP contribution in [0.3, 0.4) is 0 Å². The van der Waals surface area contributed by atoms with Gasteiger partial charge >= 0.3 is 0 Å². The lowest BCUT2D eigenvalue weighted by Crippen LogP contribution is -2.01. The Morgan fingerprint density at radius 3 is 2.71 bits per heavy atom. The van der Waals surface area contributed by atoms with Crippen molar-refractivity contribution in [3.05, 3.63) is 56.8 Å². The molecular formula is C15H10BrClFNO2. The summed E-state index contributed by atoms with van der Waals surface area (Å²) < 4.78 is 25.1. The lowest BCUT2D eigenvalue weighted by molar-refractivity contribution is 0.280. The van der Waals surface area contributed by atoms with Crippen molar-refractivity contribution in [2.45, 2.75) is 6.61 Å². The Kier molecular flexibility index (Phi) is 5.05. The summed E-state index contributed by atoms with van der Waals surface area (Å²) in [6.07, 6.45) is 0. The second-order valence-electron chi connectivity index (χ2n) is 4.13. The molecule has 6 heteroatoms. The van der Waals surface area contributed by atoms with Gasteiger partial charge in [0.05, 0.1) is 23.8 Å². The molecule has 0 N–H and O–H groups in total. The van der Waals surface area contributed by atoms with E-state index in [0.717, 1.165) is 0 Å². The third-order valence-corrected chi connectivity index (χ3v) is 3.52. The minimum absolute atomic E-state index is 0.00108. The average molecular weight is 371 g/mol. The molecule has 0 fully saturated rings. The Morgan fingerprint density at radius 2 is 2.10 bits per heavy atom. The van der Waals surface area contributed by atoms with E-state index in [1.807, 2.05) is 6.07 Å². The van der Waals surface area contributed by atoms with Crippen molar-refractivity contribution in [3.8, 4) is 17.6 Å². The summed E-state index contributed by atoms with van der Waals surface area (Å²) in [4.78, 5) is 0. The van der Waals surface area contributed by atoms with E-state index in [0.29, 0.717) is 21.3 Å². The molecule has 0 aliphatic rings. The van der Waals surface area contributed by atoms with Gasteiger partial charge in [0.25, 0.3) is 0 Å². The fourth-order valence-electron chi connectivity index (χ4n) is 1.71. The Morgan fingerprint density at radius 1 is 1.33 bits per heavy atom. The van der Waals surface area contributed by atoms with Gasteiger partial charge in [-0.1, -0.05) is 33.6 Å². The molecule has 108 valence electrons. The summed E-state index contributed by atoms with van der Waals surface area (Å²) in [5.74, 6) is 0.227. The zero-order valence-corrected chi connectivity index (χ0v) is 13.3. The van der Waals surface area contributed by atoms with Gasteiger partial charge < -0.3 is 9.47 Å². The van der Waals surface area contributed by atoms with Crippen LogP contribution in [0.25, 0.3) is 0 Å². The molecule has 2 rings (SSSR count). The van der Waals surface area contributed by atoms with Crippen LogP contribution < -0.4 is 9.47 Å². The first-order valence-electron chi connectivity index (χ1n) is 5.89. The lowest BCUT2D eigenvalue weighted by atomic mass is 10.2. The van der Waals surface area contributed by atoms with E-state index in [1.165, 1.54) is 25.3 Å². The van der Waals surface area contributed by atoms with Crippen LogP contribution >= 0.6 is 27.5 Å². The van der Waals surface area contributed by atoms with Gasteiger partial charge in [-0.2, -0.15) is 5.26 Å². The number of benzene rings is 2. The maximum absolute atomic E-state index is 13.7. The predicted octanol–water partition coefficient (Wildman–Crippen LogP) is 4.70. The SMILES string of the molecule is COc1cc(C#N)cc(Cl)c1OCc1ccc(Br)cc1F. The van der Waals surface area contributed by atoms with Crippen molar-refractivity contribution < 1.29 is 13.9 Å². The van der Waals surface area contributed by atoms with E-state index in [1.54, 1.807) is 12.1 Å². The Hall–Kier alpha value is -1.77. The van der Waals surface area contributed by atoms with E-state index in [2.05, 4.69) is 15.9 Å². The molecule has 2 aromatic rings. The monoisotopic (exact) mass is 369 g/mol. The molecule has 0 atom stereocenters. The Balaban J connectivity index is 2.26. The fourth-order valence-corrected chi connectivity index (χ4v) is 2.31. The van der Waals surface area contributed by atoms with Crippen molar-refractivity contribution in [1.29, 1.82) is 5.26 Å². The summed E-state index contributed by atoms with van der Waals surface area (Å²) in [6.45, 7) is 0.00108. The first-order valence-corrected chi connectivity index (χ1v) is 7.06. The maximum Gasteiger partial charge on any atom is 0.180 e. The van der Waals surface area contributed by atoms with Crippen molar-refractivity contribution in [2.75, 3.05) is 7.11 Å². The zero-order valence-electron chi connectivity index (χ0n) is 11.0. The smallest absolute Gasteiger partial charge is 0.180 e. The summed E-state index contributed by atoms with van der Waals surface area (Å²) in [6, 6.07) is 9.65. The summed E-state index contributed by atoms with van der Waals surface area (Å²) in [7, 11) is 1.44. The molecule has 3 nitrogen and oxygen atoms in total. The molecule has 0 bridgehead atoms. The summed E-state index contributed by atoms with van der Waals surface area (Å²) in [5, 5.41) is 9.12. The highest BCUT2D eigenvalue weighted by Crippen LogP contribution is 2.36. The van der Waals surface area contributed by atoms with E-state index in [-0.39, 0.29) is 23.2 Å². The first kappa shape index (κ1) is 15.6. The van der Waals surface area contributed by atoms with Crippen LogP contribution in [-0.2, 0) is 6.61 Å². The first-order chi connectivity index (χ1) is 10.0. The van der Waals surface area contributed by atoms with Gasteiger partial charge in [0.15, 0.2) is 11.5 Å². The van der Waals surface area contributed by atoms with Gasteiger partial charge in [-0.15, -0.1) is 0 Å². The largest absolute Gasteiger partial charge is 0.493 e. The number of nitriles is 1. The van der Waals surface area contributed by atoms with Gasteiger partial charge in [0.2, 0.25) is 0 Å². The minimum atomic E-state index is -0.381. The lowest BCUT2D eigenvalue weighted by Gasteiger charge is -2.13. The van der Waals surface area contributed by atoms with Crippen molar-refractivity contribution in [2.24, 2.45) is 0 Å². The molecule has 0 saturated carbocycles. The van der Waals surface area contributed by atoms with E-state index < -0.39 is 0 Å². The molecule has 0 spiro atoms. The molecule has 0 aliphatic heterocycles. The van der Waals surface area contributed by atoms with Crippen LogP contribution in [0, 0.1) is 17.1 Å². The highest BCUT2D eigenvalue weighted by Gasteiger charge is 2.13. The molecular weight excluding hydrogens is 361 g/mol. The second kappa shape index (κ2) is 6.79. The third-order valence-electron chi connectivity index (χ3n) is 2.75. The topological polar surface area (TPSA) is 42.2 Å². The van der Waals surface area contributed by atoms with Crippen LogP contribution in [0.5, 0.6) is 11.5 Å². The maximum atomic E-state index is 13.7. The molecule has 0 aliphatic carbocycles. The van der Waals surface area contributed by atoms with Crippen LogP contribution in [0.4, 0.5) is 4.39 Å². The Labute approximate surface area is 135 Å². The van der Waals surface area contributed by atoms with Gasteiger partial charge in [0, 0.05) is 16.1 Å². The molecule has 0 unspecified atom stereocenters. The van der Waals surface area contributed by atoms with E-state index in [4.69, 9.17) is 26.3 Å². The quantitative estimate of drug-likeness (QED) is 0.783. The van der Waals surface area contributed by atoms with Crippen LogP contribution in [-0.4, -0.2) is 7.11 Å². The number of hydrogen-bond donors (Lipinski definition) is 0. The Bertz CT molecular complexity index is 716. The molecule has 0 aromatic heterocycles. The van der Waals surface area contributed by atoms with Crippen LogP contribution in [0.2, 0.25) is 5.02 Å². The normalized spacial score (nSPS) is 10.0. The molecule has 2 aromatic carbocycles. The van der Waals surface area contributed by atoms with Crippen molar-refractivity contribution in [3.63, 3.8) is 0 Å². The number of hydrogen-bond acceptors (Lipinski definition) is 3. The fraction of sp³-hybridized carbons (Fsp3) is 0.133. The molecule has 0 saturated heterocycles. The third kappa shape index (κ3) is 3.66. The van der Waals surface area contributed by atoms with Gasteiger partial charge in [-0.3, -0.25) is 0 Å². The number of ether oxygens (including phenoxy) is 2. The van der Waals surface area contributed by atoms with Gasteiger partial charge in [-0.25, -0.2) is 4.39 Å². The molecule has 0 amide bonds. The molecule has 21 heavy (non-hydrogen) atoms. The molecule has 0 radical (unpaired) electrons. The van der Waals surface area contributed by atoms with Crippen LogP contribution in [0.1, 0.15) is 11.1 Å². The second-order valence-corrected chi connectivity index (χ2v) is 5.45. The zero-order chi connectivity index (χ0) is 15.4. The average Bonchev–Trinajstić information content (AvgIpc) is 2.46. The van der Waals surface area contributed by atoms with Gasteiger partial charge in [0.1, 0.15) is 12.4 Å². The number of halogens is 3. The predicted molar refractivity (Wildman–Crippen MR) is 81.2 cm³/mol. The van der Waals surface area contributed by atoms with Crippen molar-refractivity contribution in [1.82, 2.24) is 0 Å². The molecule has 0 heterocycles. The van der Waals surface area contributed by atoms with Crippen molar-refractivity contribution >= 4 is 27.5 Å². The highest BCUT2D eigenvalue weighted by molar-refractivity contribution is 9.10. The van der Waals surface area contributed by atoms with E-state index >= 15 is 0 Å². The van der Waals surface area contributed by atoms with Gasteiger partial charge in [-0.05, 0) is 18.2 Å². The number of nitrogens with zero attached hydrogens (tertiary/aromatic N) is 1. The number of methoxy groups -OCH3 is 1. The minimum Gasteiger partial charge on any atom is -0.493 e. The van der Waals surface area contributed by atoms with E-state index in [9.17, 15) is 4.39 Å². The highest BCUT2D eigenvalue weighted by atomic mass is 79.9.